The first-order valence-electron chi connectivity index (χ1n) is 10.7. The molecule has 168 valence electrons. The maximum absolute atomic E-state index is 14.2. The van der Waals surface area contributed by atoms with E-state index in [9.17, 15) is 18.6 Å². The molecule has 0 saturated carbocycles. The second-order valence-corrected chi connectivity index (χ2v) is 10.2. The SMILES string of the molecule is Cc1ccc(S(=O)(=O)c2ccc(C)c(C)c2-c2ccc(O)cc2)c(-c2ccc(O)cc2)c1C. The van der Waals surface area contributed by atoms with Gasteiger partial charge in [-0.3, -0.25) is 0 Å². The van der Waals surface area contributed by atoms with E-state index in [0.29, 0.717) is 11.1 Å². The molecule has 0 spiro atoms. The highest BCUT2D eigenvalue weighted by molar-refractivity contribution is 7.91. The summed E-state index contributed by atoms with van der Waals surface area (Å²) in [5.41, 5.74) is 6.42. The van der Waals surface area contributed by atoms with Crippen molar-refractivity contribution in [2.75, 3.05) is 0 Å². The van der Waals surface area contributed by atoms with Gasteiger partial charge >= 0.3 is 0 Å². The molecule has 0 aromatic heterocycles. The molecule has 2 N–H and O–H groups in total. The van der Waals surface area contributed by atoms with Crippen molar-refractivity contribution >= 4 is 9.84 Å². The summed E-state index contributed by atoms with van der Waals surface area (Å²) < 4.78 is 28.4. The Morgan fingerprint density at radius 2 is 0.848 bits per heavy atom. The number of hydrogen-bond acceptors (Lipinski definition) is 4. The van der Waals surface area contributed by atoms with Crippen LogP contribution in [0.1, 0.15) is 22.3 Å². The number of rotatable bonds is 4. The Balaban J connectivity index is 2.03. The van der Waals surface area contributed by atoms with E-state index in [-0.39, 0.29) is 21.3 Å². The largest absolute Gasteiger partial charge is 0.508 e. The molecule has 4 rings (SSSR count). The first-order chi connectivity index (χ1) is 15.6. The van der Waals surface area contributed by atoms with Crippen molar-refractivity contribution in [1.82, 2.24) is 0 Å². The van der Waals surface area contributed by atoms with Gasteiger partial charge in [-0.05, 0) is 97.5 Å². The first kappa shape index (κ1) is 22.6. The minimum atomic E-state index is -3.92. The summed E-state index contributed by atoms with van der Waals surface area (Å²) in [7, 11) is -3.92. The number of aromatic hydroxyl groups is 2. The van der Waals surface area contributed by atoms with E-state index in [0.717, 1.165) is 33.4 Å². The van der Waals surface area contributed by atoms with Gasteiger partial charge in [-0.25, -0.2) is 8.42 Å². The molecular weight excluding hydrogens is 432 g/mol. The van der Waals surface area contributed by atoms with Crippen molar-refractivity contribution in [3.63, 3.8) is 0 Å². The molecule has 0 radical (unpaired) electrons. The zero-order chi connectivity index (χ0) is 23.9. The van der Waals surface area contributed by atoms with Crippen LogP contribution in [0.4, 0.5) is 0 Å². The normalized spacial score (nSPS) is 11.5. The number of benzene rings is 4. The van der Waals surface area contributed by atoms with Crippen LogP contribution in [0.5, 0.6) is 11.5 Å². The molecule has 4 nitrogen and oxygen atoms in total. The lowest BCUT2D eigenvalue weighted by Gasteiger charge is -2.19. The van der Waals surface area contributed by atoms with Crippen LogP contribution in [-0.2, 0) is 9.84 Å². The zero-order valence-electron chi connectivity index (χ0n) is 19.0. The van der Waals surface area contributed by atoms with Gasteiger partial charge in [0, 0.05) is 11.1 Å². The van der Waals surface area contributed by atoms with Crippen LogP contribution in [-0.4, -0.2) is 18.6 Å². The molecule has 4 aromatic rings. The highest BCUT2D eigenvalue weighted by Crippen LogP contribution is 2.40. The lowest BCUT2D eigenvalue weighted by atomic mass is 9.96. The van der Waals surface area contributed by atoms with Crippen LogP contribution in [0.3, 0.4) is 0 Å². The number of hydrogen-bond donors (Lipinski definition) is 2. The van der Waals surface area contributed by atoms with Gasteiger partial charge in [-0.1, -0.05) is 36.4 Å². The van der Waals surface area contributed by atoms with Crippen molar-refractivity contribution in [2.24, 2.45) is 0 Å². The Morgan fingerprint density at radius 3 is 1.18 bits per heavy atom. The van der Waals surface area contributed by atoms with Gasteiger partial charge in [0.1, 0.15) is 11.5 Å². The van der Waals surface area contributed by atoms with Crippen LogP contribution in [0.15, 0.2) is 82.6 Å². The molecule has 0 saturated heterocycles. The second kappa shape index (κ2) is 8.41. The van der Waals surface area contributed by atoms with E-state index in [4.69, 9.17) is 0 Å². The molecule has 0 bridgehead atoms. The summed E-state index contributed by atoms with van der Waals surface area (Å²) in [5, 5.41) is 19.5. The summed E-state index contributed by atoms with van der Waals surface area (Å²) in [5.74, 6) is 0.245. The second-order valence-electron chi connectivity index (χ2n) is 8.36. The molecule has 33 heavy (non-hydrogen) atoms. The van der Waals surface area contributed by atoms with Crippen molar-refractivity contribution in [2.45, 2.75) is 37.5 Å². The van der Waals surface area contributed by atoms with E-state index in [1.807, 2.05) is 39.8 Å². The molecule has 0 fully saturated rings. The summed E-state index contributed by atoms with van der Waals surface area (Å²) >= 11 is 0. The third kappa shape index (κ3) is 4.00. The Bertz CT molecular complexity index is 1340. The number of phenols is 2. The molecule has 4 aromatic carbocycles. The average molecular weight is 459 g/mol. The van der Waals surface area contributed by atoms with Gasteiger partial charge in [-0.2, -0.15) is 0 Å². The number of phenolic OH excluding ortho intramolecular Hbond substituents is 2. The first-order valence-corrected chi connectivity index (χ1v) is 12.1. The van der Waals surface area contributed by atoms with Crippen molar-refractivity contribution in [1.29, 1.82) is 0 Å². The molecule has 0 unspecified atom stereocenters. The predicted octanol–water partition coefficient (Wildman–Crippen LogP) is 6.50. The average Bonchev–Trinajstić information content (AvgIpc) is 2.78. The Morgan fingerprint density at radius 1 is 0.515 bits per heavy atom. The molecule has 5 heteroatoms. The van der Waals surface area contributed by atoms with Crippen LogP contribution in [0.2, 0.25) is 0 Å². The van der Waals surface area contributed by atoms with E-state index in [1.54, 1.807) is 60.7 Å². The van der Waals surface area contributed by atoms with E-state index in [2.05, 4.69) is 0 Å². The van der Waals surface area contributed by atoms with Gasteiger partial charge in [-0.15, -0.1) is 0 Å². The summed E-state index contributed by atoms with van der Waals surface area (Å²) in [6, 6.07) is 20.2. The maximum atomic E-state index is 14.2. The van der Waals surface area contributed by atoms with Crippen molar-refractivity contribution in [3.05, 3.63) is 95.1 Å². The summed E-state index contributed by atoms with van der Waals surface area (Å²) in [6.07, 6.45) is 0. The minimum Gasteiger partial charge on any atom is -0.508 e. The van der Waals surface area contributed by atoms with E-state index >= 15 is 0 Å². The Labute approximate surface area is 194 Å². The topological polar surface area (TPSA) is 74.6 Å². The fourth-order valence-corrected chi connectivity index (χ4v) is 5.93. The molecule has 0 amide bonds. The molecule has 0 heterocycles. The maximum Gasteiger partial charge on any atom is 0.207 e. The quantitative estimate of drug-likeness (QED) is 0.366. The van der Waals surface area contributed by atoms with E-state index in [1.165, 1.54) is 0 Å². The zero-order valence-corrected chi connectivity index (χ0v) is 19.9. The third-order valence-corrected chi connectivity index (χ3v) is 8.12. The fraction of sp³-hybridized carbons (Fsp3) is 0.143. The molecule has 0 aliphatic carbocycles. The number of aryl methyl sites for hydroxylation is 2. The van der Waals surface area contributed by atoms with Gasteiger partial charge in [0.15, 0.2) is 0 Å². The molecule has 0 atom stereocenters. The van der Waals surface area contributed by atoms with Gasteiger partial charge < -0.3 is 10.2 Å². The number of sulfone groups is 1. The van der Waals surface area contributed by atoms with E-state index < -0.39 is 9.84 Å². The van der Waals surface area contributed by atoms with Crippen LogP contribution in [0.25, 0.3) is 22.3 Å². The molecule has 0 aliphatic rings. The van der Waals surface area contributed by atoms with Gasteiger partial charge in [0.25, 0.3) is 0 Å². The lowest BCUT2D eigenvalue weighted by Crippen LogP contribution is -2.09. The summed E-state index contributed by atoms with van der Waals surface area (Å²) in [6.45, 7) is 7.73. The lowest BCUT2D eigenvalue weighted by molar-refractivity contribution is 0.475. The van der Waals surface area contributed by atoms with Gasteiger partial charge in [0.05, 0.1) is 9.79 Å². The smallest absolute Gasteiger partial charge is 0.207 e. The molecule has 0 aliphatic heterocycles. The van der Waals surface area contributed by atoms with Crippen LogP contribution in [0, 0.1) is 27.7 Å². The Hall–Kier alpha value is -3.57. The third-order valence-electron chi connectivity index (χ3n) is 6.29. The van der Waals surface area contributed by atoms with Crippen molar-refractivity contribution < 1.29 is 18.6 Å². The summed E-state index contributed by atoms with van der Waals surface area (Å²) in [4.78, 5) is 0.444. The van der Waals surface area contributed by atoms with Crippen molar-refractivity contribution in [3.8, 4) is 33.8 Å². The monoisotopic (exact) mass is 458 g/mol. The highest BCUT2D eigenvalue weighted by atomic mass is 32.2. The van der Waals surface area contributed by atoms with Crippen LogP contribution >= 0.6 is 0 Å². The standard InChI is InChI=1S/C28H26O4S/c1-17-5-15-25(27(19(17)3)21-7-11-23(29)12-8-21)33(31,32)26-16-6-18(2)20(4)28(26)22-9-13-24(30)14-10-22/h5-16,29-30H,1-4H3. The Kier molecular flexibility index (Phi) is 5.76. The van der Waals surface area contributed by atoms with Crippen LogP contribution < -0.4 is 0 Å². The van der Waals surface area contributed by atoms with Gasteiger partial charge in [0.2, 0.25) is 9.84 Å². The predicted molar refractivity (Wildman–Crippen MR) is 131 cm³/mol. The highest BCUT2D eigenvalue weighted by Gasteiger charge is 2.28. The minimum absolute atomic E-state index is 0.122. The fourth-order valence-electron chi connectivity index (χ4n) is 4.12. The molecular formula is C28H26O4S.